The maximum Gasteiger partial charge on any atom is 0.273 e. The Labute approximate surface area is 207 Å². The highest BCUT2D eigenvalue weighted by Gasteiger charge is 2.46. The number of hydrazine groups is 1. The van der Waals surface area contributed by atoms with Crippen LogP contribution in [0.1, 0.15) is 38.3 Å². The zero-order chi connectivity index (χ0) is 26.0. The minimum atomic E-state index is -1.36. The quantitative estimate of drug-likeness (QED) is 0.437. The van der Waals surface area contributed by atoms with E-state index in [-0.39, 0.29) is 23.2 Å². The molecule has 4 amide bonds. The van der Waals surface area contributed by atoms with Crippen LogP contribution in [0.25, 0.3) is 0 Å². The number of rotatable bonds is 5. The Morgan fingerprint density at radius 2 is 1.72 bits per heavy atom. The van der Waals surface area contributed by atoms with Gasteiger partial charge in [-0.15, -0.1) is 0 Å². The van der Waals surface area contributed by atoms with E-state index in [4.69, 9.17) is 4.74 Å². The Bertz CT molecular complexity index is 1370. The first kappa shape index (κ1) is 24.6. The Kier molecular flexibility index (Phi) is 6.82. The highest BCUT2D eigenvalue weighted by atomic mass is 19.1. The van der Waals surface area contributed by atoms with E-state index >= 15 is 0 Å². The number of methoxy groups -OCH3 is 1. The van der Waals surface area contributed by atoms with Crippen LogP contribution in [0.5, 0.6) is 5.75 Å². The van der Waals surface area contributed by atoms with Crippen molar-refractivity contribution in [1.82, 2.24) is 10.4 Å². The molecule has 3 aromatic carbocycles. The van der Waals surface area contributed by atoms with Gasteiger partial charge in [-0.1, -0.05) is 35.9 Å². The van der Waals surface area contributed by atoms with Gasteiger partial charge in [0.2, 0.25) is 5.91 Å². The summed E-state index contributed by atoms with van der Waals surface area (Å²) in [5, 5.41) is 0.812. The molecule has 0 radical (unpaired) electrons. The fourth-order valence-electron chi connectivity index (χ4n) is 4.05. The molecule has 184 valence electrons. The molecule has 1 atom stereocenters. The van der Waals surface area contributed by atoms with Crippen molar-refractivity contribution < 1.29 is 28.3 Å². The topological polar surface area (TPSA) is 96.0 Å². The number of ether oxygens (including phenoxy) is 1. The Morgan fingerprint density at radius 3 is 2.42 bits per heavy atom. The molecule has 0 aliphatic carbocycles. The first-order valence-corrected chi connectivity index (χ1v) is 11.2. The number of imide groups is 1. The normalized spacial score (nSPS) is 15.1. The van der Waals surface area contributed by atoms with Crippen LogP contribution in [0.15, 0.2) is 66.7 Å². The minimum absolute atomic E-state index is 0.190. The maximum absolute atomic E-state index is 14.3. The van der Waals surface area contributed by atoms with E-state index < -0.39 is 35.5 Å². The molecule has 1 heterocycles. The van der Waals surface area contributed by atoms with E-state index in [1.807, 2.05) is 0 Å². The molecule has 1 saturated heterocycles. The largest absolute Gasteiger partial charge is 0.495 e. The average molecular weight is 490 g/mol. The molecule has 3 aromatic rings. The first-order valence-electron chi connectivity index (χ1n) is 11.2. The van der Waals surface area contributed by atoms with Crippen molar-refractivity contribution in [3.63, 3.8) is 0 Å². The molecule has 1 unspecified atom stereocenters. The zero-order valence-corrected chi connectivity index (χ0v) is 19.9. The predicted octanol–water partition coefficient (Wildman–Crippen LogP) is 3.57. The number of nitrogens with zero attached hydrogens (tertiary/aromatic N) is 2. The molecule has 0 saturated carbocycles. The van der Waals surface area contributed by atoms with Gasteiger partial charge in [0.25, 0.3) is 17.7 Å². The molecule has 1 fully saturated rings. The van der Waals surface area contributed by atoms with Gasteiger partial charge in [-0.2, -0.15) is 0 Å². The number of hydrogen-bond donors (Lipinski definition) is 1. The summed E-state index contributed by atoms with van der Waals surface area (Å²) in [6, 6.07) is 15.5. The van der Waals surface area contributed by atoms with Crippen molar-refractivity contribution in [2.24, 2.45) is 0 Å². The van der Waals surface area contributed by atoms with Gasteiger partial charge >= 0.3 is 0 Å². The lowest BCUT2D eigenvalue weighted by atomic mass is 10.1. The number of benzene rings is 3. The van der Waals surface area contributed by atoms with Gasteiger partial charge in [-0.25, -0.2) is 14.3 Å². The first-order chi connectivity index (χ1) is 17.2. The van der Waals surface area contributed by atoms with Crippen molar-refractivity contribution in [3.8, 4) is 5.75 Å². The van der Waals surface area contributed by atoms with Crippen LogP contribution in [0, 0.1) is 19.7 Å². The van der Waals surface area contributed by atoms with Gasteiger partial charge in [-0.3, -0.25) is 24.6 Å². The van der Waals surface area contributed by atoms with Crippen LogP contribution in [0.4, 0.5) is 10.1 Å². The summed E-state index contributed by atoms with van der Waals surface area (Å²) in [6.07, 6.45) is -0.384. The van der Waals surface area contributed by atoms with Gasteiger partial charge < -0.3 is 4.74 Å². The second-order valence-corrected chi connectivity index (χ2v) is 8.43. The lowest BCUT2D eigenvalue weighted by molar-refractivity contribution is -0.122. The second kappa shape index (κ2) is 9.99. The third kappa shape index (κ3) is 4.68. The number of halogens is 1. The van der Waals surface area contributed by atoms with Crippen LogP contribution in [-0.2, 0) is 9.59 Å². The lowest BCUT2D eigenvalue weighted by Crippen LogP contribution is -2.54. The SMILES string of the molecule is COc1ccc(C)cc1N1C(=O)CC(N(NC(=O)c2ccccc2F)C(=O)c2cccc(C)c2)C1=O. The predicted molar refractivity (Wildman–Crippen MR) is 130 cm³/mol. The number of anilines is 1. The van der Waals surface area contributed by atoms with E-state index in [9.17, 15) is 23.6 Å². The number of aryl methyl sites for hydroxylation is 2. The van der Waals surface area contributed by atoms with E-state index in [2.05, 4.69) is 5.43 Å². The molecule has 0 spiro atoms. The smallest absolute Gasteiger partial charge is 0.273 e. The standard InChI is InChI=1S/C27H24FN3O5/c1-16-7-6-8-18(13-16)26(34)31(29-25(33)19-9-4-5-10-20(19)28)22-15-24(32)30(27(22)35)21-14-17(2)11-12-23(21)36-3/h4-14,22H,15H2,1-3H3,(H,29,33). The zero-order valence-electron chi connectivity index (χ0n) is 19.9. The van der Waals surface area contributed by atoms with Crippen LogP contribution >= 0.6 is 0 Å². The highest BCUT2D eigenvalue weighted by Crippen LogP contribution is 2.34. The number of hydrogen-bond acceptors (Lipinski definition) is 5. The molecule has 8 nitrogen and oxygen atoms in total. The van der Waals surface area contributed by atoms with Crippen molar-refractivity contribution in [1.29, 1.82) is 0 Å². The fourth-order valence-corrected chi connectivity index (χ4v) is 4.05. The van der Waals surface area contributed by atoms with Gasteiger partial charge in [0.05, 0.1) is 24.8 Å². The number of carbonyl (C=O) groups excluding carboxylic acids is 4. The summed E-state index contributed by atoms with van der Waals surface area (Å²) >= 11 is 0. The molecule has 1 aliphatic rings. The third-order valence-electron chi connectivity index (χ3n) is 5.83. The molecule has 1 aliphatic heterocycles. The van der Waals surface area contributed by atoms with Crippen molar-refractivity contribution in [2.45, 2.75) is 26.3 Å². The number of amides is 4. The number of nitrogens with one attached hydrogen (secondary N) is 1. The number of carbonyl (C=O) groups is 4. The summed E-state index contributed by atoms with van der Waals surface area (Å²) in [7, 11) is 1.42. The van der Waals surface area contributed by atoms with Crippen LogP contribution in [0.3, 0.4) is 0 Å². The third-order valence-corrected chi connectivity index (χ3v) is 5.83. The summed E-state index contributed by atoms with van der Waals surface area (Å²) in [5.41, 5.74) is 4.05. The molecule has 1 N–H and O–H groups in total. The molecule has 4 rings (SSSR count). The monoisotopic (exact) mass is 489 g/mol. The van der Waals surface area contributed by atoms with Crippen molar-refractivity contribution >= 4 is 29.3 Å². The van der Waals surface area contributed by atoms with Crippen molar-refractivity contribution in [3.05, 3.63) is 94.8 Å². The summed E-state index contributed by atoms with van der Waals surface area (Å²) in [4.78, 5) is 54.0. The Morgan fingerprint density at radius 1 is 1.00 bits per heavy atom. The summed E-state index contributed by atoms with van der Waals surface area (Å²) in [6.45, 7) is 3.59. The van der Waals surface area contributed by atoms with Crippen LogP contribution < -0.4 is 15.1 Å². The van der Waals surface area contributed by atoms with Crippen LogP contribution in [-0.4, -0.2) is 41.8 Å². The molecule has 0 bridgehead atoms. The van der Waals surface area contributed by atoms with Gasteiger partial charge in [-0.05, 0) is 55.8 Å². The van der Waals surface area contributed by atoms with E-state index in [1.54, 1.807) is 50.2 Å². The van der Waals surface area contributed by atoms with Crippen LogP contribution in [0.2, 0.25) is 0 Å². The molecular weight excluding hydrogens is 465 g/mol. The summed E-state index contributed by atoms with van der Waals surface area (Å²) in [5.74, 6) is -3.43. The molecule has 9 heteroatoms. The van der Waals surface area contributed by atoms with Gasteiger partial charge in [0, 0.05) is 5.56 Å². The Hall–Kier alpha value is -4.53. The molecule has 36 heavy (non-hydrogen) atoms. The van der Waals surface area contributed by atoms with E-state index in [0.717, 1.165) is 27.1 Å². The highest BCUT2D eigenvalue weighted by molar-refractivity contribution is 6.24. The van der Waals surface area contributed by atoms with E-state index in [1.165, 1.54) is 31.4 Å². The molecular formula is C27H24FN3O5. The second-order valence-electron chi connectivity index (χ2n) is 8.43. The lowest BCUT2D eigenvalue weighted by Gasteiger charge is -2.28. The fraction of sp³-hybridized carbons (Fsp3) is 0.185. The average Bonchev–Trinajstić information content (AvgIpc) is 3.15. The van der Waals surface area contributed by atoms with Gasteiger partial charge in [0.15, 0.2) is 0 Å². The van der Waals surface area contributed by atoms with Crippen molar-refractivity contribution in [2.75, 3.05) is 12.0 Å². The maximum atomic E-state index is 14.3. The Balaban J connectivity index is 1.74. The van der Waals surface area contributed by atoms with Gasteiger partial charge in [0.1, 0.15) is 17.6 Å². The molecule has 0 aromatic heterocycles. The van der Waals surface area contributed by atoms with E-state index in [0.29, 0.717) is 5.75 Å². The minimum Gasteiger partial charge on any atom is -0.495 e. The summed E-state index contributed by atoms with van der Waals surface area (Å²) < 4.78 is 19.6.